The first-order valence-electron chi connectivity index (χ1n) is 8.96. The maximum atomic E-state index is 12.7. The number of pyridine rings is 1. The number of para-hydroxylation sites is 1. The van der Waals surface area contributed by atoms with Crippen molar-refractivity contribution in [2.45, 2.75) is 11.3 Å². The molecule has 0 spiro atoms. The molecule has 29 heavy (non-hydrogen) atoms. The molecule has 4 rings (SSSR count). The number of sulfonamides is 1. The summed E-state index contributed by atoms with van der Waals surface area (Å²) in [7, 11) is -2.09. The van der Waals surface area contributed by atoms with Gasteiger partial charge in [-0.3, -0.25) is 10.1 Å². The van der Waals surface area contributed by atoms with E-state index < -0.39 is 10.0 Å². The number of benzene rings is 2. The molecule has 8 nitrogen and oxygen atoms in total. The van der Waals surface area contributed by atoms with Gasteiger partial charge in [0.25, 0.3) is 0 Å². The molecule has 0 bridgehead atoms. The van der Waals surface area contributed by atoms with Crippen LogP contribution in [-0.2, 0) is 16.4 Å². The zero-order valence-corrected chi connectivity index (χ0v) is 16.5. The number of rotatable bonds is 7. The molecule has 0 saturated heterocycles. The van der Waals surface area contributed by atoms with Crippen molar-refractivity contribution < 1.29 is 13.2 Å². The number of ether oxygens (including phenoxy) is 1. The summed E-state index contributed by atoms with van der Waals surface area (Å²) in [5.41, 5.74) is 1.29. The fraction of sp³-hybridized carbons (Fsp3) is 0.150. The Labute approximate surface area is 168 Å². The van der Waals surface area contributed by atoms with Gasteiger partial charge in [-0.2, -0.15) is 5.10 Å². The summed E-state index contributed by atoms with van der Waals surface area (Å²) in [5.74, 6) is 1.89. The number of hydrogen-bond acceptors (Lipinski definition) is 6. The van der Waals surface area contributed by atoms with Gasteiger partial charge >= 0.3 is 0 Å². The van der Waals surface area contributed by atoms with E-state index in [2.05, 4.69) is 24.9 Å². The molecule has 0 aliphatic rings. The Bertz CT molecular complexity index is 1230. The van der Waals surface area contributed by atoms with Crippen molar-refractivity contribution in [2.75, 3.05) is 13.7 Å². The number of fused-ring (bicyclic) bond motifs is 1. The lowest BCUT2D eigenvalue weighted by Crippen LogP contribution is -2.26. The summed E-state index contributed by atoms with van der Waals surface area (Å²) >= 11 is 0. The Morgan fingerprint density at radius 3 is 2.66 bits per heavy atom. The Balaban J connectivity index is 1.44. The summed E-state index contributed by atoms with van der Waals surface area (Å²) < 4.78 is 33.2. The minimum atomic E-state index is -3.70. The van der Waals surface area contributed by atoms with E-state index in [9.17, 15) is 8.42 Å². The van der Waals surface area contributed by atoms with Crippen molar-refractivity contribution in [2.24, 2.45) is 0 Å². The average Bonchev–Trinajstić information content (AvgIpc) is 3.22. The third kappa shape index (κ3) is 4.10. The third-order valence-electron chi connectivity index (χ3n) is 4.42. The lowest BCUT2D eigenvalue weighted by atomic mass is 10.2. The fourth-order valence-electron chi connectivity index (χ4n) is 2.95. The van der Waals surface area contributed by atoms with Crippen molar-refractivity contribution in [1.82, 2.24) is 24.9 Å². The van der Waals surface area contributed by atoms with Crippen LogP contribution in [0.2, 0.25) is 0 Å². The molecule has 2 N–H and O–H groups in total. The van der Waals surface area contributed by atoms with Gasteiger partial charge in [-0.05, 0) is 36.4 Å². The van der Waals surface area contributed by atoms with Crippen molar-refractivity contribution >= 4 is 20.9 Å². The summed E-state index contributed by atoms with van der Waals surface area (Å²) in [6.07, 6.45) is 1.96. The van der Waals surface area contributed by atoms with Crippen molar-refractivity contribution in [3.8, 4) is 17.1 Å². The molecule has 0 aliphatic carbocycles. The molecule has 0 radical (unpaired) electrons. The minimum Gasteiger partial charge on any atom is -0.497 e. The van der Waals surface area contributed by atoms with E-state index >= 15 is 0 Å². The number of nitrogens with one attached hydrogen (secondary N) is 2. The predicted octanol–water partition coefficient (Wildman–Crippen LogP) is 2.55. The molecule has 2 heterocycles. The van der Waals surface area contributed by atoms with Crippen LogP contribution in [0.1, 0.15) is 5.82 Å². The van der Waals surface area contributed by atoms with Gasteiger partial charge in [-0.1, -0.05) is 18.2 Å². The van der Waals surface area contributed by atoms with E-state index in [4.69, 9.17) is 4.74 Å². The number of methoxy groups -OCH3 is 1. The Hall–Kier alpha value is -3.30. The molecule has 0 aliphatic heterocycles. The molecule has 0 amide bonds. The Kier molecular flexibility index (Phi) is 5.24. The molecule has 0 atom stereocenters. The highest BCUT2D eigenvalue weighted by molar-refractivity contribution is 7.89. The first-order valence-corrected chi connectivity index (χ1v) is 10.4. The first kappa shape index (κ1) is 19.0. The van der Waals surface area contributed by atoms with Gasteiger partial charge in [-0.25, -0.2) is 18.1 Å². The van der Waals surface area contributed by atoms with Crippen LogP contribution in [0, 0.1) is 0 Å². The van der Waals surface area contributed by atoms with E-state index in [1.807, 2.05) is 36.4 Å². The second kappa shape index (κ2) is 7.98. The van der Waals surface area contributed by atoms with Crippen LogP contribution in [0.15, 0.2) is 65.7 Å². The topological polar surface area (TPSA) is 110 Å². The molecule has 4 aromatic rings. The second-order valence-electron chi connectivity index (χ2n) is 6.31. The number of hydrogen-bond donors (Lipinski definition) is 2. The summed E-state index contributed by atoms with van der Waals surface area (Å²) in [4.78, 5) is 8.79. The summed E-state index contributed by atoms with van der Waals surface area (Å²) in [5, 5.41) is 7.81. The largest absolute Gasteiger partial charge is 0.497 e. The molecule has 2 aromatic heterocycles. The molecule has 0 unspecified atom stereocenters. The van der Waals surface area contributed by atoms with Crippen molar-refractivity contribution in [1.29, 1.82) is 0 Å². The zero-order chi connectivity index (χ0) is 20.3. The monoisotopic (exact) mass is 409 g/mol. The van der Waals surface area contributed by atoms with Crippen molar-refractivity contribution in [3.05, 3.63) is 66.6 Å². The number of aromatic nitrogens is 4. The normalized spacial score (nSPS) is 11.6. The van der Waals surface area contributed by atoms with Crippen LogP contribution < -0.4 is 9.46 Å². The van der Waals surface area contributed by atoms with Gasteiger partial charge in [0, 0.05) is 30.1 Å². The summed E-state index contributed by atoms with van der Waals surface area (Å²) in [6, 6.07) is 16.1. The minimum absolute atomic E-state index is 0.159. The standard InChI is InChI=1S/C20H19N5O3S/c1-28-16-9-7-15(8-10-16)20-23-18(24-25-20)11-13-22-29(26,27)17-6-2-4-14-5-3-12-21-19(14)17/h2-10,12,22H,11,13H2,1H3,(H,23,24,25). The second-order valence-corrected chi connectivity index (χ2v) is 8.05. The molecule has 2 aromatic carbocycles. The third-order valence-corrected chi connectivity index (χ3v) is 5.91. The van der Waals surface area contributed by atoms with Crippen LogP contribution in [0.3, 0.4) is 0 Å². The number of aromatic amines is 1. The Morgan fingerprint density at radius 1 is 1.07 bits per heavy atom. The highest BCUT2D eigenvalue weighted by Crippen LogP contribution is 2.21. The van der Waals surface area contributed by atoms with Crippen LogP contribution in [-0.4, -0.2) is 42.2 Å². The van der Waals surface area contributed by atoms with E-state index in [-0.39, 0.29) is 11.4 Å². The van der Waals surface area contributed by atoms with E-state index in [1.54, 1.807) is 31.5 Å². The van der Waals surface area contributed by atoms with Gasteiger partial charge in [0.2, 0.25) is 10.0 Å². The van der Waals surface area contributed by atoms with E-state index in [0.717, 1.165) is 16.7 Å². The first-order chi connectivity index (χ1) is 14.1. The van der Waals surface area contributed by atoms with Gasteiger partial charge in [0.15, 0.2) is 5.82 Å². The maximum absolute atomic E-state index is 12.7. The van der Waals surface area contributed by atoms with E-state index in [0.29, 0.717) is 23.6 Å². The zero-order valence-electron chi connectivity index (χ0n) is 15.7. The maximum Gasteiger partial charge on any atom is 0.242 e. The Morgan fingerprint density at radius 2 is 1.86 bits per heavy atom. The van der Waals surface area contributed by atoms with Crippen LogP contribution in [0.4, 0.5) is 0 Å². The highest BCUT2D eigenvalue weighted by atomic mass is 32.2. The molecular weight excluding hydrogens is 390 g/mol. The van der Waals surface area contributed by atoms with Crippen LogP contribution in [0.25, 0.3) is 22.3 Å². The highest BCUT2D eigenvalue weighted by Gasteiger charge is 2.18. The SMILES string of the molecule is COc1ccc(-c2n[nH]c(CCNS(=O)(=O)c3cccc4cccnc34)n2)cc1. The predicted molar refractivity (Wildman–Crippen MR) is 109 cm³/mol. The molecule has 148 valence electrons. The summed E-state index contributed by atoms with van der Waals surface area (Å²) in [6.45, 7) is 0.183. The van der Waals surface area contributed by atoms with Gasteiger partial charge in [-0.15, -0.1) is 0 Å². The fourth-order valence-corrected chi connectivity index (χ4v) is 4.16. The smallest absolute Gasteiger partial charge is 0.242 e. The molecular formula is C20H19N5O3S. The molecule has 9 heteroatoms. The average molecular weight is 409 g/mol. The van der Waals surface area contributed by atoms with Crippen molar-refractivity contribution in [3.63, 3.8) is 0 Å². The van der Waals surface area contributed by atoms with Gasteiger partial charge < -0.3 is 4.74 Å². The number of H-pyrrole nitrogens is 1. The van der Waals surface area contributed by atoms with Gasteiger partial charge in [0.05, 0.1) is 12.6 Å². The molecule has 0 saturated carbocycles. The lowest BCUT2D eigenvalue weighted by molar-refractivity contribution is 0.415. The van der Waals surface area contributed by atoms with E-state index in [1.165, 1.54) is 0 Å². The van der Waals surface area contributed by atoms with Crippen LogP contribution >= 0.6 is 0 Å². The molecule has 0 fully saturated rings. The number of nitrogens with zero attached hydrogens (tertiary/aromatic N) is 3. The quantitative estimate of drug-likeness (QED) is 0.485. The lowest BCUT2D eigenvalue weighted by Gasteiger charge is -2.08. The van der Waals surface area contributed by atoms with Crippen LogP contribution in [0.5, 0.6) is 5.75 Å². The van der Waals surface area contributed by atoms with Gasteiger partial charge in [0.1, 0.15) is 16.5 Å².